The van der Waals surface area contributed by atoms with Crippen molar-refractivity contribution in [3.8, 4) is 0 Å². The van der Waals surface area contributed by atoms with Gasteiger partial charge >= 0.3 is 0 Å². The zero-order chi connectivity index (χ0) is 9.26. The molecule has 3 nitrogen and oxygen atoms in total. The summed E-state index contributed by atoms with van der Waals surface area (Å²) >= 11 is 0. The number of piperidine rings is 1. The van der Waals surface area contributed by atoms with Crippen molar-refractivity contribution >= 4 is 5.91 Å². The van der Waals surface area contributed by atoms with E-state index >= 15 is 0 Å². The summed E-state index contributed by atoms with van der Waals surface area (Å²) in [6.07, 6.45) is 4.35. The number of carbonyl (C=O) groups excluding carboxylic acids is 1. The summed E-state index contributed by atoms with van der Waals surface area (Å²) in [6, 6.07) is 0. The van der Waals surface area contributed by atoms with Gasteiger partial charge in [-0.3, -0.25) is 4.79 Å². The Bertz CT molecular complexity index is 201. The highest BCUT2D eigenvalue weighted by Gasteiger charge is 2.30. The van der Waals surface area contributed by atoms with E-state index in [1.807, 2.05) is 4.90 Å². The highest BCUT2D eigenvalue weighted by molar-refractivity contribution is 5.77. The molecule has 0 aromatic rings. The molecule has 2 fully saturated rings. The van der Waals surface area contributed by atoms with Crippen molar-refractivity contribution in [1.29, 1.82) is 0 Å². The van der Waals surface area contributed by atoms with Crippen LogP contribution in [0.5, 0.6) is 0 Å². The van der Waals surface area contributed by atoms with E-state index in [0.29, 0.717) is 18.2 Å². The zero-order valence-corrected chi connectivity index (χ0v) is 8.04. The van der Waals surface area contributed by atoms with Gasteiger partial charge in [-0.15, -0.1) is 0 Å². The Morgan fingerprint density at radius 3 is 2.69 bits per heavy atom. The van der Waals surface area contributed by atoms with Gasteiger partial charge in [0.05, 0.1) is 0 Å². The van der Waals surface area contributed by atoms with Crippen LogP contribution < -0.4 is 5.73 Å². The molecule has 1 heterocycles. The van der Waals surface area contributed by atoms with E-state index in [9.17, 15) is 4.79 Å². The van der Waals surface area contributed by atoms with E-state index in [4.69, 9.17) is 5.73 Å². The minimum absolute atomic E-state index is 0.344. The molecule has 13 heavy (non-hydrogen) atoms. The highest BCUT2D eigenvalue weighted by Crippen LogP contribution is 2.31. The second kappa shape index (κ2) is 3.66. The maximum absolute atomic E-state index is 11.5. The van der Waals surface area contributed by atoms with Crippen LogP contribution in [0.1, 0.15) is 25.7 Å². The largest absolute Gasteiger partial charge is 0.342 e. The molecule has 2 rings (SSSR count). The Kier molecular flexibility index (Phi) is 2.54. The first-order chi connectivity index (χ1) is 6.29. The maximum atomic E-state index is 11.5. The van der Waals surface area contributed by atoms with Crippen LogP contribution in [0.3, 0.4) is 0 Å². The van der Waals surface area contributed by atoms with Gasteiger partial charge in [-0.1, -0.05) is 0 Å². The smallest absolute Gasteiger partial charge is 0.222 e. The van der Waals surface area contributed by atoms with Crippen molar-refractivity contribution < 1.29 is 4.79 Å². The lowest BCUT2D eigenvalue weighted by Gasteiger charge is -2.32. The van der Waals surface area contributed by atoms with Crippen LogP contribution in [0.25, 0.3) is 0 Å². The number of likely N-dealkylation sites (tertiary alicyclic amines) is 1. The van der Waals surface area contributed by atoms with Crippen molar-refractivity contribution in [3.63, 3.8) is 0 Å². The second-order valence-corrected chi connectivity index (χ2v) is 4.38. The average Bonchev–Trinajstić information content (AvgIpc) is 2.93. The van der Waals surface area contributed by atoms with Gasteiger partial charge < -0.3 is 10.6 Å². The molecular weight excluding hydrogens is 164 g/mol. The van der Waals surface area contributed by atoms with Gasteiger partial charge in [-0.05, 0) is 37.6 Å². The van der Waals surface area contributed by atoms with Crippen molar-refractivity contribution in [2.24, 2.45) is 17.6 Å². The van der Waals surface area contributed by atoms with E-state index < -0.39 is 0 Å². The first-order valence-electron chi connectivity index (χ1n) is 5.27. The monoisotopic (exact) mass is 182 g/mol. The topological polar surface area (TPSA) is 46.3 Å². The Hall–Kier alpha value is -0.570. The van der Waals surface area contributed by atoms with Crippen LogP contribution in [0.4, 0.5) is 0 Å². The number of nitrogens with two attached hydrogens (primary N) is 1. The predicted molar refractivity (Wildman–Crippen MR) is 51.1 cm³/mol. The summed E-state index contributed by atoms with van der Waals surface area (Å²) in [6.45, 7) is 2.63. The first-order valence-corrected chi connectivity index (χ1v) is 5.27. The van der Waals surface area contributed by atoms with Crippen molar-refractivity contribution in [3.05, 3.63) is 0 Å². The quantitative estimate of drug-likeness (QED) is 0.694. The van der Waals surface area contributed by atoms with Gasteiger partial charge in [-0.2, -0.15) is 0 Å². The van der Waals surface area contributed by atoms with Crippen LogP contribution in [-0.4, -0.2) is 30.4 Å². The Balaban J connectivity index is 1.86. The fraction of sp³-hybridized carbons (Fsp3) is 0.900. The minimum atomic E-state index is 0.344. The lowest BCUT2D eigenvalue weighted by molar-refractivity contribution is -0.134. The molecule has 1 saturated carbocycles. The average molecular weight is 182 g/mol. The number of hydrogen-bond acceptors (Lipinski definition) is 2. The molecule has 0 bridgehead atoms. The SMILES string of the molecule is NC[C@H]1CCC(=O)N(CC2CC2)C1. The van der Waals surface area contributed by atoms with Gasteiger partial charge in [0.1, 0.15) is 0 Å². The van der Waals surface area contributed by atoms with Crippen LogP contribution in [-0.2, 0) is 4.79 Å². The molecule has 1 aliphatic carbocycles. The van der Waals surface area contributed by atoms with Crippen LogP contribution in [0.15, 0.2) is 0 Å². The summed E-state index contributed by atoms with van der Waals surface area (Å²) in [5, 5.41) is 0. The lowest BCUT2D eigenvalue weighted by atomic mass is 9.97. The second-order valence-electron chi connectivity index (χ2n) is 4.38. The Morgan fingerprint density at radius 1 is 1.31 bits per heavy atom. The number of carbonyl (C=O) groups is 1. The Morgan fingerprint density at radius 2 is 2.08 bits per heavy atom. The number of rotatable bonds is 3. The third-order valence-corrected chi connectivity index (χ3v) is 3.11. The molecule has 2 N–H and O–H groups in total. The molecule has 0 aromatic carbocycles. The Labute approximate surface area is 79.3 Å². The highest BCUT2D eigenvalue weighted by atomic mass is 16.2. The number of hydrogen-bond donors (Lipinski definition) is 1. The molecule has 0 aromatic heterocycles. The third kappa shape index (κ3) is 2.21. The molecule has 0 radical (unpaired) electrons. The van der Waals surface area contributed by atoms with Crippen molar-refractivity contribution in [2.75, 3.05) is 19.6 Å². The summed E-state index contributed by atoms with van der Waals surface area (Å²) in [5.74, 6) is 1.70. The number of amides is 1. The fourth-order valence-corrected chi connectivity index (χ4v) is 1.97. The molecule has 1 amide bonds. The molecule has 1 saturated heterocycles. The predicted octanol–water partition coefficient (Wildman–Crippen LogP) is 0.594. The fourth-order valence-electron chi connectivity index (χ4n) is 1.97. The molecule has 0 unspecified atom stereocenters. The summed E-state index contributed by atoms with van der Waals surface area (Å²) < 4.78 is 0. The minimum Gasteiger partial charge on any atom is -0.342 e. The molecule has 1 aliphatic heterocycles. The van der Waals surface area contributed by atoms with Gasteiger partial charge in [0.15, 0.2) is 0 Å². The summed E-state index contributed by atoms with van der Waals surface area (Å²) in [7, 11) is 0. The standard InChI is InChI=1S/C10H18N2O/c11-5-9-3-4-10(13)12(7-9)6-8-1-2-8/h8-9H,1-7,11H2/t9-/m1/s1. The van der Waals surface area contributed by atoms with E-state index in [0.717, 1.165) is 32.0 Å². The maximum Gasteiger partial charge on any atom is 0.222 e. The first kappa shape index (κ1) is 9.00. The van der Waals surface area contributed by atoms with E-state index in [-0.39, 0.29) is 0 Å². The van der Waals surface area contributed by atoms with Crippen molar-refractivity contribution in [1.82, 2.24) is 4.90 Å². The molecule has 2 aliphatic rings. The lowest BCUT2D eigenvalue weighted by Crippen LogP contribution is -2.43. The zero-order valence-electron chi connectivity index (χ0n) is 8.04. The third-order valence-electron chi connectivity index (χ3n) is 3.11. The van der Waals surface area contributed by atoms with Gasteiger partial charge in [0, 0.05) is 19.5 Å². The van der Waals surface area contributed by atoms with Crippen LogP contribution in [0, 0.1) is 11.8 Å². The van der Waals surface area contributed by atoms with Crippen LogP contribution in [0.2, 0.25) is 0 Å². The van der Waals surface area contributed by atoms with Crippen LogP contribution >= 0.6 is 0 Å². The van der Waals surface area contributed by atoms with E-state index in [1.54, 1.807) is 0 Å². The summed E-state index contributed by atoms with van der Waals surface area (Å²) in [4.78, 5) is 13.5. The summed E-state index contributed by atoms with van der Waals surface area (Å²) in [5.41, 5.74) is 5.62. The van der Waals surface area contributed by atoms with Gasteiger partial charge in [0.25, 0.3) is 0 Å². The van der Waals surface area contributed by atoms with Crippen molar-refractivity contribution in [2.45, 2.75) is 25.7 Å². The number of nitrogens with zero attached hydrogens (tertiary/aromatic N) is 1. The van der Waals surface area contributed by atoms with E-state index in [2.05, 4.69) is 0 Å². The normalized spacial score (nSPS) is 29.5. The molecule has 3 heteroatoms. The molecule has 1 atom stereocenters. The van der Waals surface area contributed by atoms with Gasteiger partial charge in [-0.25, -0.2) is 0 Å². The van der Waals surface area contributed by atoms with E-state index in [1.165, 1.54) is 12.8 Å². The molecule has 74 valence electrons. The molecular formula is C10H18N2O. The van der Waals surface area contributed by atoms with Gasteiger partial charge in [0.2, 0.25) is 5.91 Å². The molecule has 0 spiro atoms.